The van der Waals surface area contributed by atoms with Crippen molar-refractivity contribution >= 4 is 5.78 Å². The Labute approximate surface area is 130 Å². The van der Waals surface area contributed by atoms with Gasteiger partial charge < -0.3 is 0 Å². The van der Waals surface area contributed by atoms with Gasteiger partial charge in [-0.05, 0) is 44.7 Å². The zero-order chi connectivity index (χ0) is 15.7. The van der Waals surface area contributed by atoms with Crippen LogP contribution in [0.1, 0.15) is 81.6 Å². The van der Waals surface area contributed by atoms with Gasteiger partial charge in [0, 0.05) is 5.56 Å². The van der Waals surface area contributed by atoms with Crippen molar-refractivity contribution in [3.8, 4) is 0 Å². The quantitative estimate of drug-likeness (QED) is 0.297. The highest BCUT2D eigenvalue weighted by atomic mass is 16.1. The second kappa shape index (κ2) is 9.55. The third kappa shape index (κ3) is 5.87. The normalized spacial score (nSPS) is 12.2. The third-order valence-electron chi connectivity index (χ3n) is 4.28. The van der Waals surface area contributed by atoms with E-state index in [2.05, 4.69) is 13.8 Å². The predicted molar refractivity (Wildman–Crippen MR) is 91.9 cm³/mol. The van der Waals surface area contributed by atoms with Gasteiger partial charge in [-0.1, -0.05) is 68.9 Å². The van der Waals surface area contributed by atoms with Crippen LogP contribution < -0.4 is 0 Å². The average molecular weight is 286 g/mol. The van der Waals surface area contributed by atoms with Crippen LogP contribution in [0.5, 0.6) is 0 Å². The van der Waals surface area contributed by atoms with Crippen molar-refractivity contribution in [3.63, 3.8) is 0 Å². The van der Waals surface area contributed by atoms with Crippen LogP contribution in [0.4, 0.5) is 0 Å². The number of rotatable bonds is 9. The Morgan fingerprint density at radius 3 is 2.24 bits per heavy atom. The molecule has 0 aliphatic carbocycles. The first kappa shape index (κ1) is 17.7. The summed E-state index contributed by atoms with van der Waals surface area (Å²) in [5.41, 5.74) is 4.09. The van der Waals surface area contributed by atoms with Crippen molar-refractivity contribution in [2.75, 3.05) is 0 Å². The number of hydrogen-bond donors (Lipinski definition) is 0. The monoisotopic (exact) mass is 286 g/mol. The highest BCUT2D eigenvalue weighted by Crippen LogP contribution is 2.19. The number of hydrogen-bond acceptors (Lipinski definition) is 1. The molecule has 116 valence electrons. The number of benzene rings is 1. The van der Waals surface area contributed by atoms with E-state index in [0.717, 1.165) is 23.1 Å². The largest absolute Gasteiger partial charge is 0.289 e. The number of aryl methyl sites for hydroxylation is 1. The van der Waals surface area contributed by atoms with Gasteiger partial charge in [-0.2, -0.15) is 0 Å². The van der Waals surface area contributed by atoms with Crippen molar-refractivity contribution in [3.05, 3.63) is 46.5 Å². The van der Waals surface area contributed by atoms with Crippen LogP contribution in [-0.4, -0.2) is 5.78 Å². The second-order valence-corrected chi connectivity index (χ2v) is 6.07. The molecule has 0 fully saturated rings. The fourth-order valence-corrected chi connectivity index (χ4v) is 2.58. The van der Waals surface area contributed by atoms with Crippen LogP contribution in [0.3, 0.4) is 0 Å². The van der Waals surface area contributed by atoms with Gasteiger partial charge in [0.15, 0.2) is 5.78 Å². The summed E-state index contributed by atoms with van der Waals surface area (Å²) in [4.78, 5) is 12.5. The second-order valence-electron chi connectivity index (χ2n) is 6.07. The van der Waals surface area contributed by atoms with E-state index in [-0.39, 0.29) is 5.78 Å². The lowest BCUT2D eigenvalue weighted by Gasteiger charge is -2.09. The van der Waals surface area contributed by atoms with Gasteiger partial charge in [0.1, 0.15) is 0 Å². The molecule has 0 heterocycles. The number of Topliss-reactive ketones (excluding diaryl/α,β-unsaturated/α-hetero) is 1. The van der Waals surface area contributed by atoms with Crippen LogP contribution in [0.2, 0.25) is 0 Å². The molecule has 0 unspecified atom stereocenters. The molecular weight excluding hydrogens is 256 g/mol. The van der Waals surface area contributed by atoms with E-state index in [1.807, 2.05) is 38.1 Å². The summed E-state index contributed by atoms with van der Waals surface area (Å²) in [5, 5.41) is 0. The number of carbonyl (C=O) groups excluding carboxylic acids is 1. The first-order valence-electron chi connectivity index (χ1n) is 8.34. The van der Waals surface area contributed by atoms with E-state index >= 15 is 0 Å². The zero-order valence-electron chi connectivity index (χ0n) is 14.2. The van der Waals surface area contributed by atoms with E-state index in [0.29, 0.717) is 0 Å². The molecule has 21 heavy (non-hydrogen) atoms. The molecule has 1 heteroatoms. The lowest BCUT2D eigenvalue weighted by Crippen LogP contribution is -2.05. The van der Waals surface area contributed by atoms with Crippen LogP contribution in [-0.2, 0) is 0 Å². The summed E-state index contributed by atoms with van der Waals surface area (Å²) in [6.07, 6.45) is 8.85. The van der Waals surface area contributed by atoms with Gasteiger partial charge in [0.05, 0.1) is 0 Å². The minimum atomic E-state index is 0.191. The van der Waals surface area contributed by atoms with Gasteiger partial charge in [0.2, 0.25) is 0 Å². The smallest absolute Gasteiger partial charge is 0.188 e. The SMILES string of the molecule is CCCCCCCC/C(C)=C(\C)C(=O)c1ccccc1C. The van der Waals surface area contributed by atoms with Crippen LogP contribution in [0.25, 0.3) is 0 Å². The van der Waals surface area contributed by atoms with Gasteiger partial charge in [0.25, 0.3) is 0 Å². The maximum Gasteiger partial charge on any atom is 0.188 e. The fraction of sp³-hybridized carbons (Fsp3) is 0.550. The predicted octanol–water partition coefficient (Wildman–Crippen LogP) is 6.26. The molecule has 1 aromatic carbocycles. The molecule has 0 aromatic heterocycles. The maximum absolute atomic E-state index is 12.5. The minimum Gasteiger partial charge on any atom is -0.289 e. The van der Waals surface area contributed by atoms with Gasteiger partial charge >= 0.3 is 0 Å². The van der Waals surface area contributed by atoms with E-state index in [4.69, 9.17) is 0 Å². The Morgan fingerprint density at radius 1 is 0.952 bits per heavy atom. The summed E-state index contributed by atoms with van der Waals surface area (Å²) in [6.45, 7) is 8.33. The maximum atomic E-state index is 12.5. The number of unbranched alkanes of at least 4 members (excludes halogenated alkanes) is 5. The van der Waals surface area contributed by atoms with E-state index in [1.54, 1.807) is 0 Å². The highest BCUT2D eigenvalue weighted by molar-refractivity contribution is 6.09. The summed E-state index contributed by atoms with van der Waals surface area (Å²) < 4.78 is 0. The summed E-state index contributed by atoms with van der Waals surface area (Å²) in [6, 6.07) is 7.85. The Balaban J connectivity index is 2.53. The molecule has 0 amide bonds. The van der Waals surface area contributed by atoms with Crippen molar-refractivity contribution in [2.24, 2.45) is 0 Å². The lowest BCUT2D eigenvalue weighted by atomic mass is 9.95. The molecule has 1 aromatic rings. The molecule has 0 bridgehead atoms. The van der Waals surface area contributed by atoms with E-state index in [1.165, 1.54) is 44.1 Å². The summed E-state index contributed by atoms with van der Waals surface area (Å²) in [5.74, 6) is 0.191. The molecule has 0 N–H and O–H groups in total. The molecule has 1 rings (SSSR count). The highest BCUT2D eigenvalue weighted by Gasteiger charge is 2.12. The first-order valence-corrected chi connectivity index (χ1v) is 8.34. The van der Waals surface area contributed by atoms with E-state index < -0.39 is 0 Å². The van der Waals surface area contributed by atoms with Gasteiger partial charge in [-0.15, -0.1) is 0 Å². The molecule has 0 saturated carbocycles. The number of ketones is 1. The fourth-order valence-electron chi connectivity index (χ4n) is 2.58. The summed E-state index contributed by atoms with van der Waals surface area (Å²) >= 11 is 0. The molecule has 0 saturated heterocycles. The number of allylic oxidation sites excluding steroid dienone is 2. The molecule has 0 aliphatic rings. The summed E-state index contributed by atoms with van der Waals surface area (Å²) in [7, 11) is 0. The molecular formula is C20H30O. The van der Waals surface area contributed by atoms with Crippen LogP contribution in [0.15, 0.2) is 35.4 Å². The average Bonchev–Trinajstić information content (AvgIpc) is 2.49. The van der Waals surface area contributed by atoms with Crippen molar-refractivity contribution in [1.82, 2.24) is 0 Å². The van der Waals surface area contributed by atoms with Crippen molar-refractivity contribution in [2.45, 2.75) is 72.6 Å². The third-order valence-corrected chi connectivity index (χ3v) is 4.28. The molecule has 1 nitrogen and oxygen atoms in total. The van der Waals surface area contributed by atoms with Crippen LogP contribution in [0, 0.1) is 6.92 Å². The lowest BCUT2D eigenvalue weighted by molar-refractivity contribution is 0.103. The zero-order valence-corrected chi connectivity index (χ0v) is 14.2. The van der Waals surface area contributed by atoms with Gasteiger partial charge in [-0.3, -0.25) is 4.79 Å². The Bertz CT molecular complexity index is 482. The number of carbonyl (C=O) groups is 1. The standard InChI is InChI=1S/C20H30O/c1-5-6-7-8-9-10-13-16(2)18(4)20(21)19-15-12-11-14-17(19)3/h11-12,14-15H,5-10,13H2,1-4H3/b18-16+. The Morgan fingerprint density at radius 2 is 1.57 bits per heavy atom. The van der Waals surface area contributed by atoms with Crippen LogP contribution >= 0.6 is 0 Å². The molecule has 0 radical (unpaired) electrons. The van der Waals surface area contributed by atoms with Crippen molar-refractivity contribution < 1.29 is 4.79 Å². The van der Waals surface area contributed by atoms with Crippen molar-refractivity contribution in [1.29, 1.82) is 0 Å². The minimum absolute atomic E-state index is 0.191. The molecule has 0 aliphatic heterocycles. The Hall–Kier alpha value is -1.37. The topological polar surface area (TPSA) is 17.1 Å². The van der Waals surface area contributed by atoms with Gasteiger partial charge in [-0.25, -0.2) is 0 Å². The Kier molecular flexibility index (Phi) is 8.04. The molecule has 0 atom stereocenters. The first-order chi connectivity index (χ1) is 10.1. The van der Waals surface area contributed by atoms with E-state index in [9.17, 15) is 4.79 Å². The molecule has 0 spiro atoms.